The molecule has 30 heavy (non-hydrogen) atoms. The number of piperazine rings is 1. The molecule has 1 aliphatic heterocycles. The number of anilines is 1. The van der Waals surface area contributed by atoms with Crippen LogP contribution in [-0.4, -0.2) is 49.1 Å². The van der Waals surface area contributed by atoms with Gasteiger partial charge in [-0.2, -0.15) is 5.26 Å². The smallest absolute Gasteiger partial charge is 0.253 e. The number of aryl methyl sites for hydroxylation is 2. The Balaban J connectivity index is 1.55. The van der Waals surface area contributed by atoms with Gasteiger partial charge in [0.25, 0.3) is 5.91 Å². The van der Waals surface area contributed by atoms with E-state index in [0.29, 0.717) is 43.1 Å². The number of nitriles is 1. The second-order valence-corrected chi connectivity index (χ2v) is 7.56. The number of pyridine rings is 1. The molecule has 1 fully saturated rings. The number of rotatable bonds is 3. The molecule has 1 aromatic heterocycles. The molecular weight excluding hydrogens is 376 g/mol. The Morgan fingerprint density at radius 1 is 1.07 bits per heavy atom. The number of methoxy groups -OCH3 is 1. The van der Waals surface area contributed by atoms with E-state index in [2.05, 4.69) is 30.9 Å². The SMILES string of the molecule is COc1ccc(C(=O)N2CCN(c3nc4c(C)c(C)ccc4cc3C#N)CC2)cc1. The third-order valence-electron chi connectivity index (χ3n) is 5.82. The van der Waals surface area contributed by atoms with Crippen molar-refractivity contribution in [3.63, 3.8) is 0 Å². The van der Waals surface area contributed by atoms with Crippen molar-refractivity contribution in [3.05, 3.63) is 64.7 Å². The van der Waals surface area contributed by atoms with Gasteiger partial charge in [-0.1, -0.05) is 12.1 Å². The number of carbonyl (C=O) groups is 1. The average molecular weight is 400 g/mol. The standard InChI is InChI=1S/C24H24N4O2/c1-16-4-5-19-14-20(15-25)23(26-22(19)17(16)2)27-10-12-28(13-11-27)24(29)18-6-8-21(30-3)9-7-18/h4-9,14H,10-13H2,1-3H3. The summed E-state index contributed by atoms with van der Waals surface area (Å²) in [4.78, 5) is 21.6. The largest absolute Gasteiger partial charge is 0.497 e. The van der Waals surface area contributed by atoms with E-state index in [0.717, 1.165) is 22.2 Å². The number of benzene rings is 2. The lowest BCUT2D eigenvalue weighted by Crippen LogP contribution is -2.49. The van der Waals surface area contributed by atoms with Crippen molar-refractivity contribution in [3.8, 4) is 11.8 Å². The Hall–Kier alpha value is -3.59. The summed E-state index contributed by atoms with van der Waals surface area (Å²) < 4.78 is 5.16. The van der Waals surface area contributed by atoms with E-state index in [1.165, 1.54) is 5.56 Å². The van der Waals surface area contributed by atoms with Gasteiger partial charge in [0, 0.05) is 37.1 Å². The summed E-state index contributed by atoms with van der Waals surface area (Å²) in [5.74, 6) is 1.44. The molecule has 0 atom stereocenters. The van der Waals surface area contributed by atoms with Crippen LogP contribution >= 0.6 is 0 Å². The highest BCUT2D eigenvalue weighted by Crippen LogP contribution is 2.27. The topological polar surface area (TPSA) is 69.5 Å². The Labute approximate surface area is 176 Å². The predicted molar refractivity (Wildman–Crippen MR) is 117 cm³/mol. The van der Waals surface area contributed by atoms with Crippen LogP contribution < -0.4 is 9.64 Å². The van der Waals surface area contributed by atoms with Crippen molar-refractivity contribution < 1.29 is 9.53 Å². The monoisotopic (exact) mass is 400 g/mol. The van der Waals surface area contributed by atoms with Crippen LogP contribution in [0.1, 0.15) is 27.0 Å². The average Bonchev–Trinajstić information content (AvgIpc) is 2.80. The lowest BCUT2D eigenvalue weighted by atomic mass is 10.0. The number of hydrogen-bond acceptors (Lipinski definition) is 5. The summed E-state index contributed by atoms with van der Waals surface area (Å²) in [6, 6.07) is 15.5. The molecule has 0 saturated carbocycles. The fourth-order valence-corrected chi connectivity index (χ4v) is 3.83. The van der Waals surface area contributed by atoms with Crippen LogP contribution in [0.2, 0.25) is 0 Å². The first-order chi connectivity index (χ1) is 14.5. The van der Waals surface area contributed by atoms with Crippen molar-refractivity contribution in [2.45, 2.75) is 13.8 Å². The molecule has 0 unspecified atom stereocenters. The van der Waals surface area contributed by atoms with Crippen LogP contribution in [0.5, 0.6) is 5.75 Å². The van der Waals surface area contributed by atoms with Crippen LogP contribution in [0, 0.1) is 25.2 Å². The highest BCUT2D eigenvalue weighted by Gasteiger charge is 2.25. The first kappa shape index (κ1) is 19.7. The molecule has 3 aromatic rings. The minimum absolute atomic E-state index is 0.00995. The van der Waals surface area contributed by atoms with Crippen molar-refractivity contribution in [1.82, 2.24) is 9.88 Å². The predicted octanol–water partition coefficient (Wildman–Crippen LogP) is 3.69. The van der Waals surface area contributed by atoms with Crippen molar-refractivity contribution in [2.75, 3.05) is 38.2 Å². The summed E-state index contributed by atoms with van der Waals surface area (Å²) >= 11 is 0. The molecule has 0 radical (unpaired) electrons. The Kier molecular flexibility index (Phi) is 5.28. The fraction of sp³-hybridized carbons (Fsp3) is 0.292. The zero-order valence-corrected chi connectivity index (χ0v) is 17.5. The van der Waals surface area contributed by atoms with Crippen LogP contribution in [0.4, 0.5) is 5.82 Å². The first-order valence-electron chi connectivity index (χ1n) is 10.0. The molecular formula is C24H24N4O2. The third kappa shape index (κ3) is 3.55. The van der Waals surface area contributed by atoms with E-state index in [1.54, 1.807) is 31.4 Å². The number of aromatic nitrogens is 1. The highest BCUT2D eigenvalue weighted by atomic mass is 16.5. The lowest BCUT2D eigenvalue weighted by Gasteiger charge is -2.36. The summed E-state index contributed by atoms with van der Waals surface area (Å²) in [7, 11) is 1.61. The van der Waals surface area contributed by atoms with Crippen LogP contribution in [0.15, 0.2) is 42.5 Å². The van der Waals surface area contributed by atoms with Gasteiger partial charge in [0.05, 0.1) is 18.2 Å². The van der Waals surface area contributed by atoms with Gasteiger partial charge >= 0.3 is 0 Å². The van der Waals surface area contributed by atoms with Crippen molar-refractivity contribution in [2.24, 2.45) is 0 Å². The number of carbonyl (C=O) groups excluding carboxylic acids is 1. The maximum Gasteiger partial charge on any atom is 0.253 e. The lowest BCUT2D eigenvalue weighted by molar-refractivity contribution is 0.0746. The molecule has 6 heteroatoms. The van der Waals surface area contributed by atoms with Gasteiger partial charge in [-0.25, -0.2) is 4.98 Å². The van der Waals surface area contributed by atoms with Crippen LogP contribution in [0.3, 0.4) is 0 Å². The second-order valence-electron chi connectivity index (χ2n) is 7.56. The zero-order chi connectivity index (χ0) is 21.3. The minimum atomic E-state index is 0.00995. The number of amides is 1. The van der Waals surface area contributed by atoms with E-state index in [4.69, 9.17) is 9.72 Å². The number of nitrogens with zero attached hydrogens (tertiary/aromatic N) is 4. The van der Waals surface area contributed by atoms with Gasteiger partial charge in [0.1, 0.15) is 17.6 Å². The Bertz CT molecular complexity index is 1140. The molecule has 1 amide bonds. The van der Waals surface area contributed by atoms with Crippen LogP contribution in [-0.2, 0) is 0 Å². The van der Waals surface area contributed by atoms with Gasteiger partial charge in [0.15, 0.2) is 0 Å². The Morgan fingerprint density at radius 3 is 2.40 bits per heavy atom. The van der Waals surface area contributed by atoms with E-state index in [-0.39, 0.29) is 5.91 Å². The van der Waals surface area contributed by atoms with Gasteiger partial charge < -0.3 is 14.5 Å². The molecule has 0 bridgehead atoms. The molecule has 0 N–H and O–H groups in total. The minimum Gasteiger partial charge on any atom is -0.497 e. The molecule has 4 rings (SSSR count). The van der Waals surface area contributed by atoms with E-state index < -0.39 is 0 Å². The fourth-order valence-electron chi connectivity index (χ4n) is 3.83. The van der Waals surface area contributed by atoms with E-state index in [1.807, 2.05) is 17.0 Å². The quantitative estimate of drug-likeness (QED) is 0.671. The van der Waals surface area contributed by atoms with E-state index >= 15 is 0 Å². The van der Waals surface area contributed by atoms with Crippen molar-refractivity contribution >= 4 is 22.6 Å². The number of fused-ring (bicyclic) bond motifs is 1. The van der Waals surface area contributed by atoms with Crippen LogP contribution in [0.25, 0.3) is 10.9 Å². The molecule has 2 heterocycles. The molecule has 1 saturated heterocycles. The molecule has 2 aromatic carbocycles. The Morgan fingerprint density at radius 2 is 1.77 bits per heavy atom. The van der Waals surface area contributed by atoms with Crippen molar-refractivity contribution in [1.29, 1.82) is 5.26 Å². The molecule has 152 valence electrons. The molecule has 0 aliphatic carbocycles. The van der Waals surface area contributed by atoms with Gasteiger partial charge in [-0.05, 0) is 55.3 Å². The van der Waals surface area contributed by atoms with Gasteiger partial charge in [-0.15, -0.1) is 0 Å². The first-order valence-corrected chi connectivity index (χ1v) is 10.0. The molecule has 1 aliphatic rings. The highest BCUT2D eigenvalue weighted by molar-refractivity contribution is 5.94. The summed E-state index contributed by atoms with van der Waals surface area (Å²) in [5.41, 5.74) is 4.46. The summed E-state index contributed by atoms with van der Waals surface area (Å²) in [5, 5.41) is 10.7. The maximum atomic E-state index is 12.8. The van der Waals surface area contributed by atoms with Gasteiger partial charge in [-0.3, -0.25) is 4.79 Å². The molecule has 0 spiro atoms. The van der Waals surface area contributed by atoms with Gasteiger partial charge in [0.2, 0.25) is 0 Å². The normalized spacial score (nSPS) is 13.9. The number of hydrogen-bond donors (Lipinski definition) is 0. The zero-order valence-electron chi connectivity index (χ0n) is 17.5. The maximum absolute atomic E-state index is 12.8. The summed E-state index contributed by atoms with van der Waals surface area (Å²) in [6.07, 6.45) is 0. The molecule has 6 nitrogen and oxygen atoms in total. The number of ether oxygens (including phenoxy) is 1. The van der Waals surface area contributed by atoms with E-state index in [9.17, 15) is 10.1 Å². The summed E-state index contributed by atoms with van der Waals surface area (Å²) in [6.45, 7) is 6.58. The second kappa shape index (κ2) is 8.03. The third-order valence-corrected chi connectivity index (χ3v) is 5.82.